The van der Waals surface area contributed by atoms with Crippen molar-refractivity contribution in [3.8, 4) is 0 Å². The lowest BCUT2D eigenvalue weighted by Crippen LogP contribution is -2.35. The van der Waals surface area contributed by atoms with E-state index in [1.54, 1.807) is 11.8 Å². The van der Waals surface area contributed by atoms with E-state index in [4.69, 9.17) is 0 Å². The van der Waals surface area contributed by atoms with Crippen molar-refractivity contribution >= 4 is 5.91 Å². The van der Waals surface area contributed by atoms with Gasteiger partial charge in [-0.3, -0.25) is 9.48 Å². The summed E-state index contributed by atoms with van der Waals surface area (Å²) in [6, 6.07) is 9.73. The maximum atomic E-state index is 12.7. The van der Waals surface area contributed by atoms with E-state index in [-0.39, 0.29) is 11.8 Å². The average molecular weight is 327 g/mol. The number of hydrogen-bond acceptors (Lipinski definition) is 3. The molecule has 5 heteroatoms. The number of aryl methyl sites for hydroxylation is 2. The topological polar surface area (TPSA) is 58.4 Å². The third kappa shape index (κ3) is 3.22. The van der Waals surface area contributed by atoms with Crippen molar-refractivity contribution < 1.29 is 9.90 Å². The van der Waals surface area contributed by atoms with Crippen molar-refractivity contribution in [3.05, 3.63) is 52.8 Å². The number of hydrogen-bond donors (Lipinski definition) is 1. The van der Waals surface area contributed by atoms with Gasteiger partial charge in [-0.15, -0.1) is 0 Å². The van der Waals surface area contributed by atoms with Gasteiger partial charge < -0.3 is 10.0 Å². The Bertz CT molecular complexity index is 764. The first-order valence-corrected chi connectivity index (χ1v) is 8.38. The van der Waals surface area contributed by atoms with Crippen LogP contribution in [0.5, 0.6) is 0 Å². The van der Waals surface area contributed by atoms with Crippen LogP contribution >= 0.6 is 0 Å². The quantitative estimate of drug-likeness (QED) is 0.942. The minimum Gasteiger partial charge on any atom is -0.388 e. The first kappa shape index (κ1) is 16.7. The van der Waals surface area contributed by atoms with Gasteiger partial charge >= 0.3 is 0 Å². The highest BCUT2D eigenvalue weighted by atomic mass is 16.3. The summed E-state index contributed by atoms with van der Waals surface area (Å²) in [5.41, 5.74) is 3.00. The standard InChI is InChI=1S/C19H25N3O2/c1-13-10-21(12-19(13,4)24)18(23)17-7-5-6-16(9-17)11-22-15(3)8-14(2)20-22/h5-9,13,24H,10-12H2,1-4H3/t13-,19+/m1/s1. The van der Waals surface area contributed by atoms with Crippen LogP contribution in [-0.4, -0.2) is 44.4 Å². The van der Waals surface area contributed by atoms with Crippen LogP contribution in [0.4, 0.5) is 0 Å². The molecular weight excluding hydrogens is 302 g/mol. The van der Waals surface area contributed by atoms with Crippen molar-refractivity contribution in [1.29, 1.82) is 0 Å². The van der Waals surface area contributed by atoms with Crippen LogP contribution in [0.25, 0.3) is 0 Å². The van der Waals surface area contributed by atoms with E-state index in [1.165, 1.54) is 0 Å². The fourth-order valence-electron chi connectivity index (χ4n) is 3.28. The molecule has 1 saturated heterocycles. The van der Waals surface area contributed by atoms with E-state index in [0.717, 1.165) is 17.0 Å². The minimum atomic E-state index is -0.809. The van der Waals surface area contributed by atoms with E-state index in [0.29, 0.717) is 25.2 Å². The molecule has 128 valence electrons. The summed E-state index contributed by atoms with van der Waals surface area (Å²) in [4.78, 5) is 14.5. The minimum absolute atomic E-state index is 0.0187. The monoisotopic (exact) mass is 327 g/mol. The van der Waals surface area contributed by atoms with Gasteiger partial charge in [-0.2, -0.15) is 5.10 Å². The zero-order valence-corrected chi connectivity index (χ0v) is 14.8. The predicted molar refractivity (Wildman–Crippen MR) is 92.9 cm³/mol. The van der Waals surface area contributed by atoms with Crippen LogP contribution in [0, 0.1) is 19.8 Å². The van der Waals surface area contributed by atoms with E-state index in [1.807, 2.05) is 55.8 Å². The van der Waals surface area contributed by atoms with Crippen LogP contribution < -0.4 is 0 Å². The Morgan fingerprint density at radius 1 is 1.38 bits per heavy atom. The molecular formula is C19H25N3O2. The van der Waals surface area contributed by atoms with Crippen molar-refractivity contribution in [2.45, 2.75) is 39.8 Å². The number of aliphatic hydroxyl groups is 1. The molecule has 5 nitrogen and oxygen atoms in total. The number of nitrogens with zero attached hydrogens (tertiary/aromatic N) is 3. The number of aromatic nitrogens is 2. The molecule has 1 aliphatic rings. The summed E-state index contributed by atoms with van der Waals surface area (Å²) < 4.78 is 1.95. The van der Waals surface area contributed by atoms with E-state index < -0.39 is 5.60 Å². The van der Waals surface area contributed by atoms with Gasteiger partial charge in [0.25, 0.3) is 5.91 Å². The van der Waals surface area contributed by atoms with Crippen LogP contribution in [0.1, 0.15) is 41.2 Å². The predicted octanol–water partition coefficient (Wildman–Crippen LogP) is 2.39. The van der Waals surface area contributed by atoms with E-state index in [9.17, 15) is 9.90 Å². The van der Waals surface area contributed by atoms with Gasteiger partial charge in [-0.05, 0) is 44.5 Å². The summed E-state index contributed by atoms with van der Waals surface area (Å²) in [5.74, 6) is 0.0641. The van der Waals surface area contributed by atoms with E-state index in [2.05, 4.69) is 5.10 Å². The number of rotatable bonds is 3. The third-order valence-electron chi connectivity index (χ3n) is 4.96. The first-order chi connectivity index (χ1) is 11.3. The highest BCUT2D eigenvalue weighted by Crippen LogP contribution is 2.28. The molecule has 1 aromatic heterocycles. The Morgan fingerprint density at radius 2 is 2.12 bits per heavy atom. The van der Waals surface area contributed by atoms with E-state index >= 15 is 0 Å². The zero-order valence-electron chi connectivity index (χ0n) is 14.8. The van der Waals surface area contributed by atoms with Gasteiger partial charge in [0.2, 0.25) is 0 Å². The molecule has 1 N–H and O–H groups in total. The number of amides is 1. The van der Waals surface area contributed by atoms with Gasteiger partial charge in [0.1, 0.15) is 0 Å². The molecule has 2 aromatic rings. The Balaban J connectivity index is 1.78. The molecule has 1 aromatic carbocycles. The fraction of sp³-hybridized carbons (Fsp3) is 0.474. The summed E-state index contributed by atoms with van der Waals surface area (Å²) in [6.07, 6.45) is 0. The maximum Gasteiger partial charge on any atom is 0.253 e. The van der Waals surface area contributed by atoms with Crippen molar-refractivity contribution in [1.82, 2.24) is 14.7 Å². The highest BCUT2D eigenvalue weighted by Gasteiger charge is 2.40. The fourth-order valence-corrected chi connectivity index (χ4v) is 3.28. The van der Waals surface area contributed by atoms with Crippen LogP contribution in [0.2, 0.25) is 0 Å². The van der Waals surface area contributed by atoms with Crippen molar-refractivity contribution in [2.24, 2.45) is 5.92 Å². The number of likely N-dealkylation sites (tertiary alicyclic amines) is 1. The van der Waals surface area contributed by atoms with Crippen LogP contribution in [0.3, 0.4) is 0 Å². The molecule has 0 radical (unpaired) electrons. The maximum absolute atomic E-state index is 12.7. The second-order valence-electron chi connectivity index (χ2n) is 7.23. The van der Waals surface area contributed by atoms with Gasteiger partial charge in [0.15, 0.2) is 0 Å². The molecule has 2 atom stereocenters. The smallest absolute Gasteiger partial charge is 0.253 e. The van der Waals surface area contributed by atoms with Crippen LogP contribution in [-0.2, 0) is 6.54 Å². The van der Waals surface area contributed by atoms with Gasteiger partial charge in [0, 0.05) is 30.3 Å². The highest BCUT2D eigenvalue weighted by molar-refractivity contribution is 5.94. The van der Waals surface area contributed by atoms with Gasteiger partial charge in [-0.25, -0.2) is 0 Å². The molecule has 1 aliphatic heterocycles. The average Bonchev–Trinajstić information content (AvgIpc) is 2.97. The number of β-amino-alcohol motifs (C(OH)–C–C–N with tert-alkyl or cyclic N) is 1. The largest absolute Gasteiger partial charge is 0.388 e. The molecule has 1 amide bonds. The van der Waals surface area contributed by atoms with Crippen LogP contribution in [0.15, 0.2) is 30.3 Å². The molecule has 0 spiro atoms. The molecule has 1 fully saturated rings. The molecule has 2 heterocycles. The Kier molecular flexibility index (Phi) is 4.22. The Hall–Kier alpha value is -2.14. The number of carbonyl (C=O) groups is 1. The third-order valence-corrected chi connectivity index (χ3v) is 4.96. The zero-order chi connectivity index (χ0) is 17.5. The summed E-state index contributed by atoms with van der Waals surface area (Å²) in [6.45, 7) is 9.40. The summed E-state index contributed by atoms with van der Waals surface area (Å²) in [7, 11) is 0. The summed E-state index contributed by atoms with van der Waals surface area (Å²) in [5, 5.41) is 14.8. The second kappa shape index (κ2) is 6.06. The lowest BCUT2D eigenvalue weighted by atomic mass is 9.95. The lowest BCUT2D eigenvalue weighted by Gasteiger charge is -2.20. The molecule has 0 bridgehead atoms. The Morgan fingerprint density at radius 3 is 2.71 bits per heavy atom. The van der Waals surface area contributed by atoms with Crippen molar-refractivity contribution in [2.75, 3.05) is 13.1 Å². The van der Waals surface area contributed by atoms with Gasteiger partial charge in [0.05, 0.1) is 17.8 Å². The summed E-state index contributed by atoms with van der Waals surface area (Å²) >= 11 is 0. The lowest BCUT2D eigenvalue weighted by molar-refractivity contribution is 0.0351. The molecule has 0 unspecified atom stereocenters. The normalized spacial score (nSPS) is 23.7. The first-order valence-electron chi connectivity index (χ1n) is 8.38. The Labute approximate surface area is 142 Å². The van der Waals surface area contributed by atoms with Gasteiger partial charge in [-0.1, -0.05) is 19.1 Å². The second-order valence-corrected chi connectivity index (χ2v) is 7.23. The molecule has 0 aliphatic carbocycles. The molecule has 3 rings (SSSR count). The number of carbonyl (C=O) groups excluding carboxylic acids is 1. The van der Waals surface area contributed by atoms with Crippen molar-refractivity contribution in [3.63, 3.8) is 0 Å². The molecule has 24 heavy (non-hydrogen) atoms. The SMILES string of the molecule is Cc1cc(C)n(Cc2cccc(C(=O)N3C[C@@H](C)[C@@](C)(O)C3)c2)n1. The molecule has 0 saturated carbocycles. The number of benzene rings is 1.